The minimum Gasteiger partial charge on any atom is -0.370 e. The highest BCUT2D eigenvalue weighted by molar-refractivity contribution is 5.92. The quantitative estimate of drug-likeness (QED) is 0.873. The normalized spacial score (nSPS) is 10.2. The van der Waals surface area contributed by atoms with Crippen LogP contribution in [0.4, 0.5) is 5.69 Å². The molecule has 0 saturated heterocycles. The Hall–Kier alpha value is -2.40. The second-order valence-electron chi connectivity index (χ2n) is 4.86. The number of anilines is 1. The van der Waals surface area contributed by atoms with Gasteiger partial charge >= 0.3 is 0 Å². The van der Waals surface area contributed by atoms with Crippen LogP contribution in [-0.2, 0) is 13.1 Å². The summed E-state index contributed by atoms with van der Waals surface area (Å²) in [5.41, 5.74) is 9.32. The summed E-state index contributed by atoms with van der Waals surface area (Å²) < 4.78 is 0. The molecule has 0 bridgehead atoms. The number of pyridine rings is 1. The van der Waals surface area contributed by atoms with E-state index in [1.165, 1.54) is 5.56 Å². The van der Waals surface area contributed by atoms with E-state index < -0.39 is 0 Å². The lowest BCUT2D eigenvalue weighted by atomic mass is 10.1. The van der Waals surface area contributed by atoms with Gasteiger partial charge in [0.1, 0.15) is 5.69 Å². The van der Waals surface area contributed by atoms with Gasteiger partial charge in [-0.2, -0.15) is 0 Å². The SMILES string of the molecule is CNC(=O)c1cc(N(C)Cc2cccc(CN)c2)ccn1. The van der Waals surface area contributed by atoms with Crippen molar-refractivity contribution in [2.45, 2.75) is 13.1 Å². The number of hydrogen-bond donors (Lipinski definition) is 2. The first-order valence-corrected chi connectivity index (χ1v) is 6.81. The van der Waals surface area contributed by atoms with E-state index in [2.05, 4.69) is 27.3 Å². The molecule has 0 unspecified atom stereocenters. The van der Waals surface area contributed by atoms with Gasteiger partial charge in [0, 0.05) is 39.1 Å². The Morgan fingerprint density at radius 2 is 2.05 bits per heavy atom. The summed E-state index contributed by atoms with van der Waals surface area (Å²) in [6.07, 6.45) is 1.65. The summed E-state index contributed by atoms with van der Waals surface area (Å²) in [7, 11) is 3.58. The van der Waals surface area contributed by atoms with Crippen molar-refractivity contribution in [3.63, 3.8) is 0 Å². The summed E-state index contributed by atoms with van der Waals surface area (Å²) >= 11 is 0. The van der Waals surface area contributed by atoms with Crippen LogP contribution >= 0.6 is 0 Å². The number of carbonyl (C=O) groups excluding carboxylic acids is 1. The van der Waals surface area contributed by atoms with E-state index in [4.69, 9.17) is 5.73 Å². The van der Waals surface area contributed by atoms with Crippen LogP contribution in [0.3, 0.4) is 0 Å². The molecule has 1 aromatic carbocycles. The van der Waals surface area contributed by atoms with Gasteiger partial charge in [0.05, 0.1) is 0 Å². The van der Waals surface area contributed by atoms with Crippen LogP contribution in [0.25, 0.3) is 0 Å². The second-order valence-corrected chi connectivity index (χ2v) is 4.86. The number of benzene rings is 1. The van der Waals surface area contributed by atoms with Gasteiger partial charge in [-0.25, -0.2) is 0 Å². The number of rotatable bonds is 5. The van der Waals surface area contributed by atoms with Gasteiger partial charge in [-0.15, -0.1) is 0 Å². The number of nitrogens with two attached hydrogens (primary N) is 1. The lowest BCUT2D eigenvalue weighted by Crippen LogP contribution is -2.21. The summed E-state index contributed by atoms with van der Waals surface area (Å²) in [6, 6.07) is 11.9. The van der Waals surface area contributed by atoms with E-state index in [9.17, 15) is 4.79 Å². The molecule has 2 rings (SSSR count). The summed E-state index contributed by atoms with van der Waals surface area (Å²) in [5.74, 6) is -0.185. The van der Waals surface area contributed by atoms with Crippen molar-refractivity contribution in [1.82, 2.24) is 10.3 Å². The molecule has 21 heavy (non-hydrogen) atoms. The lowest BCUT2D eigenvalue weighted by molar-refractivity contribution is 0.0958. The van der Waals surface area contributed by atoms with Crippen LogP contribution in [0, 0.1) is 0 Å². The first kappa shape index (κ1) is 15.0. The molecule has 0 saturated carbocycles. The zero-order chi connectivity index (χ0) is 15.2. The fourth-order valence-electron chi connectivity index (χ4n) is 2.13. The molecular formula is C16H20N4O. The van der Waals surface area contributed by atoms with Gasteiger partial charge in [0.25, 0.3) is 5.91 Å². The molecule has 1 amide bonds. The van der Waals surface area contributed by atoms with Crippen molar-refractivity contribution in [1.29, 1.82) is 0 Å². The molecule has 1 heterocycles. The lowest BCUT2D eigenvalue weighted by Gasteiger charge is -2.20. The fourth-order valence-corrected chi connectivity index (χ4v) is 2.13. The molecule has 0 radical (unpaired) electrons. The number of carbonyl (C=O) groups is 1. The predicted octanol–water partition coefficient (Wildman–Crippen LogP) is 1.54. The third-order valence-corrected chi connectivity index (χ3v) is 3.29. The van der Waals surface area contributed by atoms with Crippen LogP contribution in [0.1, 0.15) is 21.6 Å². The third kappa shape index (κ3) is 3.79. The van der Waals surface area contributed by atoms with E-state index >= 15 is 0 Å². The molecule has 0 fully saturated rings. The van der Waals surface area contributed by atoms with Crippen molar-refractivity contribution >= 4 is 11.6 Å². The topological polar surface area (TPSA) is 71.2 Å². The Morgan fingerprint density at radius 1 is 1.29 bits per heavy atom. The highest BCUT2D eigenvalue weighted by atomic mass is 16.1. The maximum Gasteiger partial charge on any atom is 0.269 e. The molecule has 5 heteroatoms. The zero-order valence-corrected chi connectivity index (χ0v) is 12.3. The van der Waals surface area contributed by atoms with Crippen LogP contribution in [0.5, 0.6) is 0 Å². The monoisotopic (exact) mass is 284 g/mol. The average molecular weight is 284 g/mol. The van der Waals surface area contributed by atoms with Gasteiger partial charge in [0.15, 0.2) is 0 Å². The van der Waals surface area contributed by atoms with Crippen LogP contribution in [0.15, 0.2) is 42.6 Å². The maximum atomic E-state index is 11.6. The molecule has 1 aromatic heterocycles. The minimum absolute atomic E-state index is 0.185. The van der Waals surface area contributed by atoms with Crippen LogP contribution < -0.4 is 16.0 Å². The van der Waals surface area contributed by atoms with Crippen LogP contribution in [0.2, 0.25) is 0 Å². The van der Waals surface area contributed by atoms with E-state index in [1.807, 2.05) is 25.2 Å². The standard InChI is InChI=1S/C16H20N4O/c1-18-16(21)15-9-14(6-7-19-15)20(2)11-13-5-3-4-12(8-13)10-17/h3-9H,10-11,17H2,1-2H3,(H,18,21). The summed E-state index contributed by atoms with van der Waals surface area (Å²) in [4.78, 5) is 17.8. The van der Waals surface area contributed by atoms with E-state index in [0.717, 1.165) is 17.8 Å². The van der Waals surface area contributed by atoms with Crippen molar-refractivity contribution in [3.05, 3.63) is 59.4 Å². The van der Waals surface area contributed by atoms with Gasteiger partial charge in [-0.3, -0.25) is 9.78 Å². The number of aromatic nitrogens is 1. The molecule has 0 aliphatic heterocycles. The molecule has 0 aliphatic rings. The number of nitrogens with zero attached hydrogens (tertiary/aromatic N) is 2. The smallest absolute Gasteiger partial charge is 0.269 e. The molecule has 0 aliphatic carbocycles. The first-order valence-electron chi connectivity index (χ1n) is 6.81. The fraction of sp³-hybridized carbons (Fsp3) is 0.250. The average Bonchev–Trinajstić information content (AvgIpc) is 2.54. The molecule has 2 aromatic rings. The Bertz CT molecular complexity index is 627. The maximum absolute atomic E-state index is 11.6. The highest BCUT2D eigenvalue weighted by Crippen LogP contribution is 2.16. The third-order valence-electron chi connectivity index (χ3n) is 3.29. The Morgan fingerprint density at radius 3 is 2.76 bits per heavy atom. The Labute approximate surface area is 124 Å². The highest BCUT2D eigenvalue weighted by Gasteiger charge is 2.08. The molecule has 3 N–H and O–H groups in total. The Balaban J connectivity index is 2.16. The minimum atomic E-state index is -0.185. The van der Waals surface area contributed by atoms with E-state index in [1.54, 1.807) is 19.3 Å². The number of amides is 1. The summed E-state index contributed by atoms with van der Waals surface area (Å²) in [5, 5.41) is 2.58. The number of hydrogen-bond acceptors (Lipinski definition) is 4. The molecular weight excluding hydrogens is 264 g/mol. The van der Waals surface area contributed by atoms with Gasteiger partial charge < -0.3 is 16.0 Å². The van der Waals surface area contributed by atoms with Crippen molar-refractivity contribution in [3.8, 4) is 0 Å². The second kappa shape index (κ2) is 6.85. The first-order chi connectivity index (χ1) is 10.1. The summed E-state index contributed by atoms with van der Waals surface area (Å²) in [6.45, 7) is 1.28. The van der Waals surface area contributed by atoms with E-state index in [-0.39, 0.29) is 5.91 Å². The van der Waals surface area contributed by atoms with E-state index in [0.29, 0.717) is 12.2 Å². The van der Waals surface area contributed by atoms with Crippen molar-refractivity contribution in [2.24, 2.45) is 5.73 Å². The van der Waals surface area contributed by atoms with Gasteiger partial charge in [-0.05, 0) is 23.3 Å². The molecule has 0 spiro atoms. The van der Waals surface area contributed by atoms with Crippen molar-refractivity contribution < 1.29 is 4.79 Å². The van der Waals surface area contributed by atoms with Crippen LogP contribution in [-0.4, -0.2) is 25.0 Å². The van der Waals surface area contributed by atoms with Gasteiger partial charge in [-0.1, -0.05) is 24.3 Å². The Kier molecular flexibility index (Phi) is 4.90. The predicted molar refractivity (Wildman–Crippen MR) is 84.1 cm³/mol. The zero-order valence-electron chi connectivity index (χ0n) is 12.3. The number of nitrogens with one attached hydrogen (secondary N) is 1. The van der Waals surface area contributed by atoms with Gasteiger partial charge in [0.2, 0.25) is 0 Å². The molecule has 5 nitrogen and oxygen atoms in total. The van der Waals surface area contributed by atoms with Crippen molar-refractivity contribution in [2.75, 3.05) is 19.0 Å². The molecule has 110 valence electrons. The molecule has 0 atom stereocenters. The largest absolute Gasteiger partial charge is 0.370 e.